The number of esters is 1. The second kappa shape index (κ2) is 8.03. The van der Waals surface area contributed by atoms with E-state index in [2.05, 4.69) is 5.32 Å². The third-order valence-electron chi connectivity index (χ3n) is 4.69. The molecule has 4 rings (SSSR count). The van der Waals surface area contributed by atoms with Crippen molar-refractivity contribution in [2.75, 3.05) is 11.9 Å². The van der Waals surface area contributed by atoms with Gasteiger partial charge in [-0.25, -0.2) is 4.79 Å². The number of anilines is 1. The van der Waals surface area contributed by atoms with Crippen molar-refractivity contribution in [1.29, 1.82) is 0 Å². The fourth-order valence-electron chi connectivity index (χ4n) is 3.45. The molecule has 1 N–H and O–H groups in total. The van der Waals surface area contributed by atoms with Crippen molar-refractivity contribution in [1.82, 2.24) is 0 Å². The molecule has 3 aromatic rings. The minimum Gasteiger partial charge on any atom is -0.462 e. The number of halogens is 2. The van der Waals surface area contributed by atoms with Crippen molar-refractivity contribution in [3.8, 4) is 0 Å². The quantitative estimate of drug-likeness (QED) is 0.453. The number of benzene rings is 1. The zero-order valence-corrected chi connectivity index (χ0v) is 18.2. The molecule has 4 nitrogen and oxygen atoms in total. The largest absolute Gasteiger partial charge is 0.462 e. The third kappa shape index (κ3) is 3.43. The van der Waals surface area contributed by atoms with Crippen LogP contribution < -0.4 is 5.32 Å². The summed E-state index contributed by atoms with van der Waals surface area (Å²) in [6.45, 7) is 2.06. The van der Waals surface area contributed by atoms with Gasteiger partial charge in [0.25, 0.3) is 5.91 Å². The Morgan fingerprint density at radius 1 is 1.18 bits per heavy atom. The van der Waals surface area contributed by atoms with Crippen LogP contribution in [0, 0.1) is 0 Å². The van der Waals surface area contributed by atoms with Crippen molar-refractivity contribution in [2.45, 2.75) is 32.6 Å². The van der Waals surface area contributed by atoms with E-state index in [4.69, 9.17) is 27.9 Å². The van der Waals surface area contributed by atoms with E-state index in [-0.39, 0.29) is 18.5 Å². The molecule has 2 heterocycles. The number of carbonyl (C=O) groups is 2. The molecule has 0 radical (unpaired) electrons. The van der Waals surface area contributed by atoms with Gasteiger partial charge < -0.3 is 10.1 Å². The molecule has 1 amide bonds. The maximum atomic E-state index is 13.0. The van der Waals surface area contributed by atoms with Gasteiger partial charge in [-0.1, -0.05) is 29.3 Å². The fourth-order valence-corrected chi connectivity index (χ4v) is 6.57. The summed E-state index contributed by atoms with van der Waals surface area (Å²) in [7, 11) is 0. The second-order valence-electron chi connectivity index (χ2n) is 6.45. The third-order valence-corrected chi connectivity index (χ3v) is 7.86. The van der Waals surface area contributed by atoms with E-state index in [1.165, 1.54) is 22.7 Å². The predicted molar refractivity (Wildman–Crippen MR) is 117 cm³/mol. The van der Waals surface area contributed by atoms with Crippen LogP contribution in [-0.2, 0) is 17.6 Å². The number of hydrogen-bond donors (Lipinski definition) is 1. The first-order valence-corrected chi connectivity index (χ1v) is 11.4. The first-order chi connectivity index (χ1) is 13.5. The Hall–Kier alpha value is -1.60. The lowest BCUT2D eigenvalue weighted by molar-refractivity contribution is 0.0526. The van der Waals surface area contributed by atoms with Crippen molar-refractivity contribution < 1.29 is 14.3 Å². The van der Waals surface area contributed by atoms with Crippen molar-refractivity contribution in [3.63, 3.8) is 0 Å². The Morgan fingerprint density at radius 2 is 1.96 bits per heavy atom. The maximum Gasteiger partial charge on any atom is 0.341 e. The van der Waals surface area contributed by atoms with Gasteiger partial charge >= 0.3 is 5.97 Å². The lowest BCUT2D eigenvalue weighted by atomic mass is 9.95. The summed E-state index contributed by atoms with van der Waals surface area (Å²) in [5.74, 6) is -0.728. The van der Waals surface area contributed by atoms with Crippen LogP contribution in [0.25, 0.3) is 10.1 Å². The first-order valence-electron chi connectivity index (χ1n) is 9.00. The van der Waals surface area contributed by atoms with Crippen LogP contribution in [0.15, 0.2) is 18.2 Å². The molecule has 1 aliphatic rings. The maximum absolute atomic E-state index is 13.0. The highest BCUT2D eigenvalue weighted by atomic mass is 35.5. The summed E-state index contributed by atoms with van der Waals surface area (Å²) >= 11 is 15.4. The zero-order chi connectivity index (χ0) is 19.8. The minimum absolute atomic E-state index is 0.289. The van der Waals surface area contributed by atoms with E-state index in [0.29, 0.717) is 30.9 Å². The molecule has 1 aliphatic carbocycles. The average molecular weight is 454 g/mol. The average Bonchev–Trinajstić information content (AvgIpc) is 3.20. The van der Waals surface area contributed by atoms with Gasteiger partial charge in [0, 0.05) is 15.0 Å². The van der Waals surface area contributed by atoms with Crippen LogP contribution in [-0.4, -0.2) is 18.5 Å². The van der Waals surface area contributed by atoms with Crippen LogP contribution in [0.5, 0.6) is 0 Å². The highest BCUT2D eigenvalue weighted by Crippen LogP contribution is 2.42. The molecule has 0 unspecified atom stereocenters. The number of ether oxygens (including phenoxy) is 1. The summed E-state index contributed by atoms with van der Waals surface area (Å²) < 4.78 is 6.09. The number of aryl methyl sites for hydroxylation is 1. The van der Waals surface area contributed by atoms with Gasteiger partial charge in [0.15, 0.2) is 0 Å². The highest BCUT2D eigenvalue weighted by Gasteiger charge is 2.28. The summed E-state index contributed by atoms with van der Waals surface area (Å²) in [5, 5.41) is 4.97. The van der Waals surface area contributed by atoms with Crippen LogP contribution in [0.2, 0.25) is 10.0 Å². The first kappa shape index (κ1) is 19.7. The van der Waals surface area contributed by atoms with Gasteiger partial charge in [-0.2, -0.15) is 0 Å². The van der Waals surface area contributed by atoms with Crippen molar-refractivity contribution in [2.24, 2.45) is 0 Å². The number of amides is 1. The smallest absolute Gasteiger partial charge is 0.341 e. The van der Waals surface area contributed by atoms with Gasteiger partial charge in [-0.05, 0) is 50.3 Å². The zero-order valence-electron chi connectivity index (χ0n) is 15.1. The van der Waals surface area contributed by atoms with Crippen LogP contribution in [0.4, 0.5) is 5.00 Å². The lowest BCUT2D eigenvalue weighted by Crippen LogP contribution is -2.15. The topological polar surface area (TPSA) is 55.4 Å². The molecule has 1 aromatic carbocycles. The highest BCUT2D eigenvalue weighted by molar-refractivity contribution is 7.22. The van der Waals surface area contributed by atoms with Gasteiger partial charge in [0.1, 0.15) is 9.88 Å². The van der Waals surface area contributed by atoms with Crippen LogP contribution in [0.1, 0.15) is 50.2 Å². The number of nitrogens with one attached hydrogen (secondary N) is 1. The molecular weight excluding hydrogens is 437 g/mol. The van der Waals surface area contributed by atoms with Crippen LogP contribution in [0.3, 0.4) is 0 Å². The molecule has 0 bridgehead atoms. The monoisotopic (exact) mass is 453 g/mol. The second-order valence-corrected chi connectivity index (χ2v) is 9.39. The van der Waals surface area contributed by atoms with Gasteiger partial charge in [-0.15, -0.1) is 22.7 Å². The predicted octanol–water partition coefficient (Wildman–Crippen LogP) is 6.58. The molecule has 0 atom stereocenters. The SMILES string of the molecule is CCOC(=O)c1c(NC(=O)c2sc3cccc(Cl)c3c2Cl)sc2c1CCCC2. The van der Waals surface area contributed by atoms with Gasteiger partial charge in [-0.3, -0.25) is 4.79 Å². The van der Waals surface area contributed by atoms with Gasteiger partial charge in [0.05, 0.1) is 22.2 Å². The van der Waals surface area contributed by atoms with Gasteiger partial charge in [0.2, 0.25) is 0 Å². The minimum atomic E-state index is -0.386. The molecule has 2 aromatic heterocycles. The molecule has 8 heteroatoms. The number of hydrogen-bond acceptors (Lipinski definition) is 5. The van der Waals surface area contributed by atoms with E-state index in [1.54, 1.807) is 13.0 Å². The lowest BCUT2D eigenvalue weighted by Gasteiger charge is -2.12. The molecule has 0 aliphatic heterocycles. The Bertz CT molecular complexity index is 1090. The molecule has 146 valence electrons. The molecule has 0 saturated heterocycles. The Labute approximate surface area is 180 Å². The summed E-state index contributed by atoms with van der Waals surface area (Å²) in [5.41, 5.74) is 1.50. The van der Waals surface area contributed by atoms with E-state index >= 15 is 0 Å². The van der Waals surface area contributed by atoms with E-state index in [9.17, 15) is 9.59 Å². The normalized spacial score (nSPS) is 13.4. The van der Waals surface area contributed by atoms with E-state index in [0.717, 1.165) is 40.8 Å². The van der Waals surface area contributed by atoms with Crippen LogP contribution >= 0.6 is 45.9 Å². The van der Waals surface area contributed by atoms with E-state index in [1.807, 2.05) is 12.1 Å². The molecule has 0 saturated carbocycles. The number of fused-ring (bicyclic) bond motifs is 2. The molecule has 0 fully saturated rings. The molecular formula is C20H17Cl2NO3S2. The van der Waals surface area contributed by atoms with E-state index < -0.39 is 0 Å². The standard InChI is InChI=1S/C20H17Cl2NO3S2/c1-2-26-20(25)14-10-6-3-4-8-12(10)28-19(14)23-18(24)17-16(22)15-11(21)7-5-9-13(15)27-17/h5,7,9H,2-4,6,8H2,1H3,(H,23,24). The Balaban J connectivity index is 1.72. The van der Waals surface area contributed by atoms with Crippen molar-refractivity contribution >= 4 is 72.8 Å². The summed E-state index contributed by atoms with van der Waals surface area (Å²) in [4.78, 5) is 27.1. The molecule has 28 heavy (non-hydrogen) atoms. The number of rotatable bonds is 4. The number of thiophene rings is 2. The Morgan fingerprint density at radius 3 is 2.71 bits per heavy atom. The number of carbonyl (C=O) groups excluding carboxylic acids is 2. The summed E-state index contributed by atoms with van der Waals surface area (Å²) in [6.07, 6.45) is 3.87. The van der Waals surface area contributed by atoms with Crippen molar-refractivity contribution in [3.05, 3.63) is 49.1 Å². The molecule has 0 spiro atoms. The Kier molecular flexibility index (Phi) is 5.65. The fraction of sp³-hybridized carbons (Fsp3) is 0.300. The summed E-state index contributed by atoms with van der Waals surface area (Å²) in [6, 6.07) is 5.45.